The monoisotopic (exact) mass is 290 g/mol. The van der Waals surface area contributed by atoms with E-state index in [-0.39, 0.29) is 12.8 Å². The summed E-state index contributed by atoms with van der Waals surface area (Å²) in [7, 11) is 4.49. The maximum Gasteiger partial charge on any atom is 0.320 e. The third-order valence-electron chi connectivity index (χ3n) is 2.69. The van der Waals surface area contributed by atoms with Gasteiger partial charge in [0.1, 0.15) is 0 Å². The fraction of sp³-hybridized carbons (Fsp3) is 0.667. The first-order valence-corrected chi connectivity index (χ1v) is 5.74. The van der Waals surface area contributed by atoms with Gasteiger partial charge in [-0.1, -0.05) is 0 Å². The fourth-order valence-corrected chi connectivity index (χ4v) is 1.57. The zero-order chi connectivity index (χ0) is 15.7. The van der Waals surface area contributed by atoms with E-state index in [9.17, 15) is 19.2 Å². The van der Waals surface area contributed by atoms with Crippen molar-refractivity contribution in [2.45, 2.75) is 12.8 Å². The molecule has 0 heterocycles. The summed E-state index contributed by atoms with van der Waals surface area (Å²) in [5.41, 5.74) is 0. The van der Waals surface area contributed by atoms with Gasteiger partial charge in [-0.2, -0.15) is 0 Å². The molecule has 0 amide bonds. The first-order chi connectivity index (χ1) is 9.42. The molecule has 0 spiro atoms. The molecule has 0 N–H and O–H groups in total. The summed E-state index contributed by atoms with van der Waals surface area (Å²) in [6, 6.07) is 0. The van der Waals surface area contributed by atoms with Gasteiger partial charge in [0, 0.05) is 0 Å². The van der Waals surface area contributed by atoms with E-state index in [0.29, 0.717) is 0 Å². The topological polar surface area (TPSA) is 105 Å². The van der Waals surface area contributed by atoms with Crippen molar-refractivity contribution in [1.29, 1.82) is 0 Å². The SMILES string of the molecule is COC(=O)C(CCC(C(=O)OC)C(=O)OC)C(=O)OC. The number of carbonyl (C=O) groups excluding carboxylic acids is 4. The first-order valence-electron chi connectivity index (χ1n) is 5.74. The highest BCUT2D eigenvalue weighted by atomic mass is 16.5. The van der Waals surface area contributed by atoms with Crippen molar-refractivity contribution in [1.82, 2.24) is 0 Å². The molecule has 0 unspecified atom stereocenters. The van der Waals surface area contributed by atoms with Gasteiger partial charge in [0.2, 0.25) is 0 Å². The quantitative estimate of drug-likeness (QED) is 0.357. The largest absolute Gasteiger partial charge is 0.468 e. The average Bonchev–Trinajstić information content (AvgIpc) is 2.48. The second-order valence-corrected chi connectivity index (χ2v) is 3.78. The molecule has 114 valence electrons. The Labute approximate surface area is 116 Å². The minimum absolute atomic E-state index is 0.103. The molecule has 0 aromatic rings. The van der Waals surface area contributed by atoms with Crippen LogP contribution in [0.1, 0.15) is 12.8 Å². The summed E-state index contributed by atoms with van der Waals surface area (Å²) in [4.78, 5) is 45.8. The van der Waals surface area contributed by atoms with Crippen LogP contribution in [0, 0.1) is 11.8 Å². The van der Waals surface area contributed by atoms with Crippen LogP contribution in [0.25, 0.3) is 0 Å². The molecule has 0 aliphatic rings. The van der Waals surface area contributed by atoms with E-state index in [1.54, 1.807) is 0 Å². The van der Waals surface area contributed by atoms with Crippen LogP contribution in [-0.4, -0.2) is 52.3 Å². The normalized spacial score (nSPS) is 10.1. The van der Waals surface area contributed by atoms with E-state index in [1.165, 1.54) is 0 Å². The van der Waals surface area contributed by atoms with Crippen molar-refractivity contribution in [2.75, 3.05) is 28.4 Å². The smallest absolute Gasteiger partial charge is 0.320 e. The molecule has 0 fully saturated rings. The summed E-state index contributed by atoms with van der Waals surface area (Å²) in [5, 5.41) is 0. The van der Waals surface area contributed by atoms with E-state index >= 15 is 0 Å². The second kappa shape index (κ2) is 8.89. The number of methoxy groups -OCH3 is 4. The molecular formula is C12H18O8. The van der Waals surface area contributed by atoms with E-state index in [4.69, 9.17) is 0 Å². The van der Waals surface area contributed by atoms with E-state index in [1.807, 2.05) is 0 Å². The summed E-state index contributed by atoms with van der Waals surface area (Å²) >= 11 is 0. The van der Waals surface area contributed by atoms with Crippen LogP contribution < -0.4 is 0 Å². The van der Waals surface area contributed by atoms with E-state index in [2.05, 4.69) is 18.9 Å². The predicted molar refractivity (Wildman–Crippen MR) is 64.3 cm³/mol. The van der Waals surface area contributed by atoms with Gasteiger partial charge in [-0.3, -0.25) is 19.2 Å². The molecule has 8 heteroatoms. The van der Waals surface area contributed by atoms with Crippen LogP contribution >= 0.6 is 0 Å². The molecule has 0 aliphatic heterocycles. The van der Waals surface area contributed by atoms with Crippen LogP contribution in [-0.2, 0) is 38.1 Å². The Hall–Kier alpha value is -2.12. The van der Waals surface area contributed by atoms with Crippen LogP contribution in [0.3, 0.4) is 0 Å². The van der Waals surface area contributed by atoms with Gasteiger partial charge in [-0.15, -0.1) is 0 Å². The summed E-state index contributed by atoms with van der Waals surface area (Å²) in [6.45, 7) is 0. The molecule has 0 atom stereocenters. The molecule has 0 saturated heterocycles. The third-order valence-corrected chi connectivity index (χ3v) is 2.69. The van der Waals surface area contributed by atoms with Crippen molar-refractivity contribution in [3.8, 4) is 0 Å². The molecule has 20 heavy (non-hydrogen) atoms. The van der Waals surface area contributed by atoms with E-state index < -0.39 is 35.7 Å². The molecule has 8 nitrogen and oxygen atoms in total. The van der Waals surface area contributed by atoms with Crippen molar-refractivity contribution >= 4 is 23.9 Å². The molecular weight excluding hydrogens is 272 g/mol. The van der Waals surface area contributed by atoms with Gasteiger partial charge in [0.25, 0.3) is 0 Å². The lowest BCUT2D eigenvalue weighted by Gasteiger charge is -2.15. The number of carbonyl (C=O) groups is 4. The molecule has 0 saturated carbocycles. The van der Waals surface area contributed by atoms with Gasteiger partial charge in [0.05, 0.1) is 28.4 Å². The highest BCUT2D eigenvalue weighted by Gasteiger charge is 2.34. The second-order valence-electron chi connectivity index (χ2n) is 3.78. The standard InChI is InChI=1S/C12H18O8/c1-17-9(13)7(10(14)18-2)5-6-8(11(15)19-3)12(16)20-4/h7-8H,5-6H2,1-4H3. The summed E-state index contributed by atoms with van der Waals surface area (Å²) in [6.07, 6.45) is -0.206. The predicted octanol–water partition coefficient (Wildman–Crippen LogP) is -0.309. The summed E-state index contributed by atoms with van der Waals surface area (Å²) < 4.78 is 17.9. The maximum absolute atomic E-state index is 11.4. The van der Waals surface area contributed by atoms with Crippen molar-refractivity contribution < 1.29 is 38.1 Å². The van der Waals surface area contributed by atoms with Crippen LogP contribution in [0.4, 0.5) is 0 Å². The highest BCUT2D eigenvalue weighted by molar-refractivity contribution is 5.96. The molecule has 0 bridgehead atoms. The van der Waals surface area contributed by atoms with Crippen LogP contribution in [0.15, 0.2) is 0 Å². The molecule has 0 aromatic heterocycles. The van der Waals surface area contributed by atoms with Crippen molar-refractivity contribution in [3.05, 3.63) is 0 Å². The average molecular weight is 290 g/mol. The maximum atomic E-state index is 11.4. The van der Waals surface area contributed by atoms with Crippen LogP contribution in [0.5, 0.6) is 0 Å². The zero-order valence-corrected chi connectivity index (χ0v) is 11.8. The van der Waals surface area contributed by atoms with Gasteiger partial charge in [-0.05, 0) is 12.8 Å². The Morgan fingerprint density at radius 1 is 0.600 bits per heavy atom. The van der Waals surface area contributed by atoms with Crippen LogP contribution in [0.2, 0.25) is 0 Å². The third kappa shape index (κ3) is 4.87. The van der Waals surface area contributed by atoms with Gasteiger partial charge >= 0.3 is 23.9 Å². The molecule has 0 aliphatic carbocycles. The number of ether oxygens (including phenoxy) is 4. The van der Waals surface area contributed by atoms with Gasteiger partial charge < -0.3 is 18.9 Å². The lowest BCUT2D eigenvalue weighted by Crippen LogP contribution is -2.31. The van der Waals surface area contributed by atoms with E-state index in [0.717, 1.165) is 28.4 Å². The number of esters is 4. The first kappa shape index (κ1) is 17.9. The number of hydrogen-bond donors (Lipinski definition) is 0. The highest BCUT2D eigenvalue weighted by Crippen LogP contribution is 2.18. The lowest BCUT2D eigenvalue weighted by atomic mass is 9.95. The number of rotatable bonds is 7. The van der Waals surface area contributed by atoms with Gasteiger partial charge in [0.15, 0.2) is 11.8 Å². The minimum Gasteiger partial charge on any atom is -0.468 e. The lowest BCUT2D eigenvalue weighted by molar-refractivity contribution is -0.164. The minimum atomic E-state index is -1.21. The summed E-state index contributed by atoms with van der Waals surface area (Å²) in [5.74, 6) is -5.62. The molecule has 0 aromatic carbocycles. The number of hydrogen-bond acceptors (Lipinski definition) is 8. The molecule has 0 radical (unpaired) electrons. The zero-order valence-electron chi connectivity index (χ0n) is 11.8. The Morgan fingerprint density at radius 3 is 0.950 bits per heavy atom. The Bertz CT molecular complexity index is 308. The van der Waals surface area contributed by atoms with Crippen molar-refractivity contribution in [2.24, 2.45) is 11.8 Å². The Kier molecular flexibility index (Phi) is 7.95. The molecule has 0 rings (SSSR count). The van der Waals surface area contributed by atoms with Crippen molar-refractivity contribution in [3.63, 3.8) is 0 Å². The van der Waals surface area contributed by atoms with Gasteiger partial charge in [-0.25, -0.2) is 0 Å². The Balaban J connectivity index is 4.86. The fourth-order valence-electron chi connectivity index (χ4n) is 1.57. The Morgan fingerprint density at radius 2 is 0.800 bits per heavy atom.